The lowest BCUT2D eigenvalue weighted by molar-refractivity contribution is -0.374. The Labute approximate surface area is 120 Å². The van der Waals surface area contributed by atoms with Crippen LogP contribution in [-0.4, -0.2) is 11.0 Å². The van der Waals surface area contributed by atoms with E-state index >= 15 is 0 Å². The van der Waals surface area contributed by atoms with E-state index in [1.807, 2.05) is 0 Å². The summed E-state index contributed by atoms with van der Waals surface area (Å²) in [6.07, 6.45) is 1.46. The van der Waals surface area contributed by atoms with Gasteiger partial charge in [0.1, 0.15) is 0 Å². The van der Waals surface area contributed by atoms with Crippen LogP contribution in [0.5, 0.6) is 0 Å². The maximum Gasteiger partial charge on any atom is 0.323 e. The molecule has 2 amide bonds. The highest BCUT2D eigenvalue weighted by molar-refractivity contribution is 6.05. The summed E-state index contributed by atoms with van der Waals surface area (Å²) in [5, 5.41) is 11.4. The predicted octanol–water partition coefficient (Wildman–Crippen LogP) is 2.99. The third kappa shape index (κ3) is 2.02. The van der Waals surface area contributed by atoms with Crippen LogP contribution in [0.15, 0.2) is 48.5 Å². The van der Waals surface area contributed by atoms with Gasteiger partial charge in [0.25, 0.3) is 5.70 Å². The van der Waals surface area contributed by atoms with Crippen molar-refractivity contribution in [2.24, 2.45) is 5.73 Å². The minimum Gasteiger partial charge on any atom is -0.351 e. The third-order valence-electron chi connectivity index (χ3n) is 3.31. The molecule has 0 aliphatic carbocycles. The minimum absolute atomic E-state index is 0.0678. The first-order valence-electron chi connectivity index (χ1n) is 6.23. The zero-order valence-electron chi connectivity index (χ0n) is 10.9. The number of urea groups is 1. The lowest BCUT2D eigenvalue weighted by atomic mass is 10.1. The molecule has 6 nitrogen and oxygen atoms in total. The van der Waals surface area contributed by atoms with Crippen LogP contribution in [0.25, 0.3) is 11.8 Å². The fourth-order valence-electron chi connectivity index (χ4n) is 2.44. The minimum atomic E-state index is -0.687. The van der Waals surface area contributed by atoms with E-state index in [1.54, 1.807) is 48.5 Å². The lowest BCUT2D eigenvalue weighted by Gasteiger charge is -2.22. The van der Waals surface area contributed by atoms with E-state index in [2.05, 4.69) is 0 Å². The van der Waals surface area contributed by atoms with Crippen molar-refractivity contribution in [1.29, 1.82) is 0 Å². The van der Waals surface area contributed by atoms with Gasteiger partial charge in [-0.2, -0.15) is 0 Å². The highest BCUT2D eigenvalue weighted by atomic mass is 16.6. The van der Waals surface area contributed by atoms with E-state index in [9.17, 15) is 14.9 Å². The smallest absolute Gasteiger partial charge is 0.323 e. The van der Waals surface area contributed by atoms with Crippen molar-refractivity contribution in [3.05, 3.63) is 69.8 Å². The average Bonchev–Trinajstić information content (AvgIpc) is 2.61. The zero-order valence-corrected chi connectivity index (χ0v) is 10.9. The van der Waals surface area contributed by atoms with Gasteiger partial charge < -0.3 is 5.73 Å². The van der Waals surface area contributed by atoms with Gasteiger partial charge in [0.15, 0.2) is 0 Å². The van der Waals surface area contributed by atoms with E-state index in [0.717, 1.165) is 0 Å². The largest absolute Gasteiger partial charge is 0.351 e. The van der Waals surface area contributed by atoms with E-state index < -0.39 is 11.0 Å². The Kier molecular flexibility index (Phi) is 2.91. The van der Waals surface area contributed by atoms with Gasteiger partial charge in [0, 0.05) is 11.6 Å². The Morgan fingerprint density at radius 2 is 1.67 bits per heavy atom. The molecule has 0 atom stereocenters. The van der Waals surface area contributed by atoms with Crippen LogP contribution >= 0.6 is 0 Å². The number of fused-ring (bicyclic) bond motifs is 2. The van der Waals surface area contributed by atoms with E-state index in [0.29, 0.717) is 22.5 Å². The molecule has 104 valence electrons. The molecule has 0 aromatic heterocycles. The first-order chi connectivity index (χ1) is 10.1. The molecule has 2 aromatic carbocycles. The summed E-state index contributed by atoms with van der Waals surface area (Å²) < 4.78 is 0. The molecule has 2 N–H and O–H groups in total. The normalized spacial score (nSPS) is 12.8. The first kappa shape index (κ1) is 12.9. The van der Waals surface area contributed by atoms with Crippen LogP contribution < -0.4 is 10.6 Å². The Hall–Kier alpha value is -3.15. The number of rotatable bonds is 1. The summed E-state index contributed by atoms with van der Waals surface area (Å²) in [5.41, 5.74) is 7.26. The number of carbonyl (C=O) groups is 1. The number of nitrogens with zero attached hydrogens (tertiary/aromatic N) is 2. The molecule has 21 heavy (non-hydrogen) atoms. The molecule has 0 saturated carbocycles. The van der Waals surface area contributed by atoms with Gasteiger partial charge in [-0.25, -0.2) is 4.79 Å². The number of primary amides is 1. The van der Waals surface area contributed by atoms with E-state index in [-0.39, 0.29) is 5.70 Å². The molecule has 0 fully saturated rings. The number of anilines is 2. The summed E-state index contributed by atoms with van der Waals surface area (Å²) in [5.74, 6) is 0. The van der Waals surface area contributed by atoms with E-state index in [4.69, 9.17) is 5.73 Å². The van der Waals surface area contributed by atoms with Crippen molar-refractivity contribution >= 4 is 29.2 Å². The highest BCUT2D eigenvalue weighted by Gasteiger charge is 2.29. The number of nitrogens with two attached hydrogens (primary N) is 1. The molecular formula is C15H11N3O3. The van der Waals surface area contributed by atoms with Crippen LogP contribution in [0, 0.1) is 10.1 Å². The SMILES string of the molecule is NC(=O)N1c2ccccc2C=C([N+](=O)[O-])c2ccccc21. The Bertz CT molecular complexity index is 783. The summed E-state index contributed by atoms with van der Waals surface area (Å²) in [6, 6.07) is 12.9. The van der Waals surface area contributed by atoms with Gasteiger partial charge in [0.05, 0.1) is 21.9 Å². The average molecular weight is 281 g/mol. The topological polar surface area (TPSA) is 89.5 Å². The molecule has 0 radical (unpaired) electrons. The summed E-state index contributed by atoms with van der Waals surface area (Å²) in [4.78, 5) is 24.1. The second-order valence-electron chi connectivity index (χ2n) is 4.54. The lowest BCUT2D eigenvalue weighted by Crippen LogP contribution is -2.32. The van der Waals surface area contributed by atoms with Crippen molar-refractivity contribution in [1.82, 2.24) is 0 Å². The number of para-hydroxylation sites is 2. The molecule has 0 bridgehead atoms. The predicted molar refractivity (Wildman–Crippen MR) is 79.5 cm³/mol. The van der Waals surface area contributed by atoms with Gasteiger partial charge >= 0.3 is 6.03 Å². The fourth-order valence-corrected chi connectivity index (χ4v) is 2.44. The standard InChI is InChI=1S/C15H11N3O3/c16-15(19)17-12-7-3-1-5-10(12)9-14(18(20)21)11-6-2-4-8-13(11)17/h1-9H,(H2,16,19). The van der Waals surface area contributed by atoms with Gasteiger partial charge in [-0.05, 0) is 18.2 Å². The van der Waals surface area contributed by atoms with Crippen molar-refractivity contribution in [3.8, 4) is 0 Å². The maximum absolute atomic E-state index is 11.9. The molecule has 0 unspecified atom stereocenters. The van der Waals surface area contributed by atoms with Crippen molar-refractivity contribution in [2.45, 2.75) is 0 Å². The molecule has 1 aliphatic heterocycles. The third-order valence-corrected chi connectivity index (χ3v) is 3.31. The van der Waals surface area contributed by atoms with Crippen LogP contribution in [0.1, 0.15) is 11.1 Å². The first-order valence-corrected chi connectivity index (χ1v) is 6.23. The Balaban J connectivity index is 2.39. The van der Waals surface area contributed by atoms with Crippen molar-refractivity contribution in [2.75, 3.05) is 4.90 Å². The highest BCUT2D eigenvalue weighted by Crippen LogP contribution is 2.39. The van der Waals surface area contributed by atoms with Crippen molar-refractivity contribution < 1.29 is 9.72 Å². The quantitative estimate of drug-likeness (QED) is 0.643. The second-order valence-corrected chi connectivity index (χ2v) is 4.54. The summed E-state index contributed by atoms with van der Waals surface area (Å²) in [6.45, 7) is 0. The molecule has 6 heteroatoms. The van der Waals surface area contributed by atoms with Gasteiger partial charge in [-0.1, -0.05) is 30.3 Å². The zero-order chi connectivity index (χ0) is 15.0. The number of nitro groups is 1. The Morgan fingerprint density at radius 1 is 1.05 bits per heavy atom. The number of hydrogen-bond donors (Lipinski definition) is 1. The number of amides is 2. The Morgan fingerprint density at radius 3 is 2.33 bits per heavy atom. The summed E-state index contributed by atoms with van der Waals surface area (Å²) in [7, 11) is 0. The van der Waals surface area contributed by atoms with Gasteiger partial charge in [-0.3, -0.25) is 15.0 Å². The van der Waals surface area contributed by atoms with Crippen LogP contribution in [0.2, 0.25) is 0 Å². The molecule has 1 aliphatic rings. The van der Waals surface area contributed by atoms with Crippen LogP contribution in [0.4, 0.5) is 16.2 Å². The molecule has 3 rings (SSSR count). The van der Waals surface area contributed by atoms with Gasteiger partial charge in [-0.15, -0.1) is 0 Å². The molecule has 0 saturated heterocycles. The van der Waals surface area contributed by atoms with Crippen LogP contribution in [0.3, 0.4) is 0 Å². The molecule has 2 aromatic rings. The number of benzene rings is 2. The molecular weight excluding hydrogens is 270 g/mol. The monoisotopic (exact) mass is 281 g/mol. The van der Waals surface area contributed by atoms with Gasteiger partial charge in [0.2, 0.25) is 0 Å². The number of carbonyl (C=O) groups excluding carboxylic acids is 1. The number of hydrogen-bond acceptors (Lipinski definition) is 3. The van der Waals surface area contributed by atoms with Crippen molar-refractivity contribution in [3.63, 3.8) is 0 Å². The molecule has 0 spiro atoms. The maximum atomic E-state index is 11.9. The fraction of sp³-hybridized carbons (Fsp3) is 0. The van der Waals surface area contributed by atoms with E-state index in [1.165, 1.54) is 11.0 Å². The van der Waals surface area contributed by atoms with Crippen LogP contribution in [-0.2, 0) is 0 Å². The summed E-state index contributed by atoms with van der Waals surface area (Å²) >= 11 is 0. The second kappa shape index (κ2) is 4.75. The molecule has 1 heterocycles.